The fourth-order valence-corrected chi connectivity index (χ4v) is 3.23. The van der Waals surface area contributed by atoms with Gasteiger partial charge in [0.1, 0.15) is 11.5 Å². The third-order valence-corrected chi connectivity index (χ3v) is 4.19. The Kier molecular flexibility index (Phi) is 5.29. The molecule has 0 unspecified atom stereocenters. The van der Waals surface area contributed by atoms with E-state index in [1.54, 1.807) is 28.4 Å². The number of methoxy groups -OCH3 is 4. The molecular formula is C16H18O4P-. The van der Waals surface area contributed by atoms with Crippen molar-refractivity contribution in [3.05, 3.63) is 36.4 Å². The molecule has 0 amide bonds. The Morgan fingerprint density at radius 1 is 0.619 bits per heavy atom. The van der Waals surface area contributed by atoms with Crippen LogP contribution in [-0.4, -0.2) is 28.4 Å². The van der Waals surface area contributed by atoms with Crippen molar-refractivity contribution in [1.82, 2.24) is 0 Å². The lowest BCUT2D eigenvalue weighted by atomic mass is 10.3. The zero-order valence-electron chi connectivity index (χ0n) is 12.5. The van der Waals surface area contributed by atoms with Gasteiger partial charge < -0.3 is 27.5 Å². The molecule has 2 rings (SSSR count). The van der Waals surface area contributed by atoms with E-state index in [1.165, 1.54) is 0 Å². The van der Waals surface area contributed by atoms with Crippen LogP contribution in [0.25, 0.3) is 0 Å². The molecule has 0 aliphatic rings. The van der Waals surface area contributed by atoms with Crippen LogP contribution in [0.15, 0.2) is 36.4 Å². The first kappa shape index (κ1) is 15.5. The van der Waals surface area contributed by atoms with Crippen LogP contribution in [0.1, 0.15) is 0 Å². The van der Waals surface area contributed by atoms with Crippen molar-refractivity contribution in [3.8, 4) is 23.0 Å². The second-order valence-corrected chi connectivity index (χ2v) is 5.32. The Morgan fingerprint density at radius 2 is 1.05 bits per heavy atom. The van der Waals surface area contributed by atoms with E-state index in [2.05, 4.69) is 0 Å². The first-order chi connectivity index (χ1) is 10.2. The third kappa shape index (κ3) is 3.22. The van der Waals surface area contributed by atoms with Gasteiger partial charge >= 0.3 is 0 Å². The summed E-state index contributed by atoms with van der Waals surface area (Å²) in [5.41, 5.74) is 0. The van der Waals surface area contributed by atoms with E-state index in [0.29, 0.717) is 11.5 Å². The summed E-state index contributed by atoms with van der Waals surface area (Å²) in [5.74, 6) is 2.88. The summed E-state index contributed by atoms with van der Waals surface area (Å²) < 4.78 is 21.6. The molecule has 0 saturated carbocycles. The van der Waals surface area contributed by atoms with Crippen molar-refractivity contribution < 1.29 is 18.9 Å². The van der Waals surface area contributed by atoms with Gasteiger partial charge in [0, 0.05) is 0 Å². The summed E-state index contributed by atoms with van der Waals surface area (Å²) in [6.45, 7) is 0. The molecule has 2 aromatic rings. The molecule has 0 N–H and O–H groups in total. The van der Waals surface area contributed by atoms with Crippen molar-refractivity contribution in [2.75, 3.05) is 28.4 Å². The van der Waals surface area contributed by atoms with Gasteiger partial charge in [-0.25, -0.2) is 0 Å². The Balaban J connectivity index is 2.43. The van der Waals surface area contributed by atoms with Crippen molar-refractivity contribution in [2.24, 2.45) is 0 Å². The van der Waals surface area contributed by atoms with Crippen LogP contribution in [0.5, 0.6) is 23.0 Å². The highest BCUT2D eigenvalue weighted by Gasteiger charge is 2.06. The van der Waals surface area contributed by atoms with E-state index < -0.39 is 0 Å². The van der Waals surface area contributed by atoms with Gasteiger partial charge in [-0.15, -0.1) is 0 Å². The van der Waals surface area contributed by atoms with Crippen LogP contribution >= 0.6 is 8.58 Å². The topological polar surface area (TPSA) is 36.9 Å². The minimum Gasteiger partial charge on any atom is -0.495 e. The predicted molar refractivity (Wildman–Crippen MR) is 85.3 cm³/mol. The molecule has 0 aliphatic heterocycles. The number of hydrogen-bond acceptors (Lipinski definition) is 4. The highest BCUT2D eigenvalue weighted by Crippen LogP contribution is 2.33. The lowest BCUT2D eigenvalue weighted by Gasteiger charge is -2.26. The van der Waals surface area contributed by atoms with Gasteiger partial charge in [-0.2, -0.15) is 10.6 Å². The van der Waals surface area contributed by atoms with E-state index in [-0.39, 0.29) is 0 Å². The van der Waals surface area contributed by atoms with Crippen LogP contribution in [0.3, 0.4) is 0 Å². The van der Waals surface area contributed by atoms with E-state index in [9.17, 15) is 0 Å². The summed E-state index contributed by atoms with van der Waals surface area (Å²) >= 11 is 0. The van der Waals surface area contributed by atoms with Gasteiger partial charge in [0.15, 0.2) is 11.5 Å². The highest BCUT2D eigenvalue weighted by molar-refractivity contribution is 7.56. The highest BCUT2D eigenvalue weighted by atomic mass is 31.1. The second kappa shape index (κ2) is 7.19. The maximum absolute atomic E-state index is 5.47. The standard InChI is InChI=1S/C16H18O4P/c1-17-11-7-5-9-13(15(11)19-3)21-14-10-6-8-12(18-2)16(14)20-4/h5-10H,1-4H3/q-1. The Hall–Kier alpha value is -1.93. The molecule has 0 fully saturated rings. The largest absolute Gasteiger partial charge is 0.495 e. The predicted octanol–water partition coefficient (Wildman–Crippen LogP) is 2.62. The van der Waals surface area contributed by atoms with E-state index >= 15 is 0 Å². The number of hydrogen-bond donors (Lipinski definition) is 0. The van der Waals surface area contributed by atoms with Gasteiger partial charge in [0.2, 0.25) is 0 Å². The molecule has 0 spiro atoms. The normalized spacial score (nSPS) is 10.1. The quantitative estimate of drug-likeness (QED) is 0.769. The smallest absolute Gasteiger partial charge is 0.158 e. The number of para-hydroxylation sites is 2. The Bertz CT molecular complexity index is 560. The molecular weight excluding hydrogens is 287 g/mol. The lowest BCUT2D eigenvalue weighted by molar-refractivity contribution is 0.357. The molecule has 21 heavy (non-hydrogen) atoms. The molecule has 0 radical (unpaired) electrons. The summed E-state index contributed by atoms with van der Waals surface area (Å²) in [5, 5.41) is 2.01. The zero-order valence-corrected chi connectivity index (χ0v) is 13.4. The summed E-state index contributed by atoms with van der Waals surface area (Å²) in [6.07, 6.45) is 0. The minimum atomic E-state index is 0.712. The maximum Gasteiger partial charge on any atom is 0.158 e. The second-order valence-electron chi connectivity index (χ2n) is 4.14. The first-order valence-electron chi connectivity index (χ1n) is 6.38. The van der Waals surface area contributed by atoms with Crippen LogP contribution in [-0.2, 0) is 0 Å². The maximum atomic E-state index is 5.47. The number of ether oxygens (including phenoxy) is 4. The van der Waals surface area contributed by atoms with E-state index in [4.69, 9.17) is 18.9 Å². The van der Waals surface area contributed by atoms with Gasteiger partial charge in [-0.1, -0.05) is 24.3 Å². The molecule has 0 bridgehead atoms. The van der Waals surface area contributed by atoms with Gasteiger partial charge in [0.25, 0.3) is 0 Å². The molecule has 2 aromatic carbocycles. The fraction of sp³-hybridized carbons (Fsp3) is 0.250. The van der Waals surface area contributed by atoms with Crippen LogP contribution in [0.2, 0.25) is 0 Å². The SMILES string of the molecule is COc1cccc([P-]c2cccc(OC)c2OC)c1OC. The molecule has 0 heterocycles. The zero-order chi connectivity index (χ0) is 15.2. The average Bonchev–Trinajstić information content (AvgIpc) is 2.54. The van der Waals surface area contributed by atoms with Crippen LogP contribution < -0.4 is 29.6 Å². The summed E-state index contributed by atoms with van der Waals surface area (Å²) in [6, 6.07) is 11.6. The molecule has 112 valence electrons. The van der Waals surface area contributed by atoms with E-state index in [0.717, 1.165) is 30.7 Å². The first-order valence-corrected chi connectivity index (χ1v) is 7.28. The van der Waals surface area contributed by atoms with Crippen LogP contribution in [0.4, 0.5) is 0 Å². The lowest BCUT2D eigenvalue weighted by Crippen LogP contribution is -2.10. The molecule has 0 saturated heterocycles. The van der Waals surface area contributed by atoms with E-state index in [1.807, 2.05) is 36.4 Å². The third-order valence-electron chi connectivity index (χ3n) is 3.01. The van der Waals surface area contributed by atoms with Crippen molar-refractivity contribution in [2.45, 2.75) is 0 Å². The summed E-state index contributed by atoms with van der Waals surface area (Å²) in [7, 11) is 7.49. The fourth-order valence-electron chi connectivity index (χ4n) is 2.05. The minimum absolute atomic E-state index is 0.712. The van der Waals surface area contributed by atoms with Crippen molar-refractivity contribution in [3.63, 3.8) is 0 Å². The number of rotatable bonds is 6. The van der Waals surface area contributed by atoms with Gasteiger partial charge in [0.05, 0.1) is 28.4 Å². The van der Waals surface area contributed by atoms with Crippen molar-refractivity contribution >= 4 is 19.2 Å². The molecule has 0 aromatic heterocycles. The number of benzene rings is 2. The molecule has 4 nitrogen and oxygen atoms in total. The Morgan fingerprint density at radius 3 is 1.38 bits per heavy atom. The monoisotopic (exact) mass is 305 g/mol. The van der Waals surface area contributed by atoms with Crippen LogP contribution in [0, 0.1) is 0 Å². The molecule has 0 atom stereocenters. The molecule has 5 heteroatoms. The van der Waals surface area contributed by atoms with Gasteiger partial charge in [-0.3, -0.25) is 0 Å². The molecule has 0 aliphatic carbocycles. The van der Waals surface area contributed by atoms with Gasteiger partial charge in [-0.05, 0) is 12.1 Å². The average molecular weight is 305 g/mol. The summed E-state index contributed by atoms with van der Waals surface area (Å²) in [4.78, 5) is 0. The van der Waals surface area contributed by atoms with Crippen molar-refractivity contribution in [1.29, 1.82) is 0 Å². The Labute approximate surface area is 126 Å².